The zero-order valence-electron chi connectivity index (χ0n) is 16.0. The fourth-order valence-electron chi connectivity index (χ4n) is 2.11. The number of rotatable bonds is 7. The molecule has 0 fully saturated rings. The molecule has 2 atom stereocenters. The van der Waals surface area contributed by atoms with Crippen molar-refractivity contribution in [2.24, 2.45) is 5.41 Å². The fourth-order valence-corrected chi connectivity index (χ4v) is 2.11. The van der Waals surface area contributed by atoms with Crippen LogP contribution >= 0.6 is 0 Å². The maximum Gasteiger partial charge on any atom is 0.273 e. The highest BCUT2D eigenvalue weighted by molar-refractivity contribution is 5.92. The molecule has 1 aromatic heterocycles. The lowest BCUT2D eigenvalue weighted by Gasteiger charge is -2.33. The Morgan fingerprint density at radius 1 is 1.25 bits per heavy atom. The van der Waals surface area contributed by atoms with E-state index in [1.807, 2.05) is 48.5 Å². The van der Waals surface area contributed by atoms with Gasteiger partial charge in [-0.05, 0) is 26.7 Å². The van der Waals surface area contributed by atoms with E-state index < -0.39 is 5.41 Å². The van der Waals surface area contributed by atoms with Gasteiger partial charge in [-0.1, -0.05) is 34.6 Å². The number of hydrogen-bond acceptors (Lipinski definition) is 4. The molecule has 0 bridgehead atoms. The average Bonchev–Trinajstić information content (AvgIpc) is 2.98. The summed E-state index contributed by atoms with van der Waals surface area (Å²) in [4.78, 5) is 30.8. The van der Waals surface area contributed by atoms with E-state index >= 15 is 0 Å². The lowest BCUT2D eigenvalue weighted by Crippen LogP contribution is -2.44. The molecule has 0 saturated carbocycles. The van der Waals surface area contributed by atoms with Gasteiger partial charge in [0.15, 0.2) is 5.69 Å². The Bertz CT molecular complexity index is 560. The normalized spacial score (nSPS) is 14.1. The van der Waals surface area contributed by atoms with Gasteiger partial charge in [-0.3, -0.25) is 9.59 Å². The molecule has 136 valence electrons. The molecule has 0 aromatic carbocycles. The lowest BCUT2D eigenvalue weighted by atomic mass is 9.93. The van der Waals surface area contributed by atoms with Crippen molar-refractivity contribution in [1.82, 2.24) is 15.2 Å². The first-order valence-electron chi connectivity index (χ1n) is 8.66. The highest BCUT2D eigenvalue weighted by Crippen LogP contribution is 2.22. The van der Waals surface area contributed by atoms with Gasteiger partial charge in [-0.15, -0.1) is 0 Å². The highest BCUT2D eigenvalue weighted by Gasteiger charge is 2.31. The zero-order valence-corrected chi connectivity index (χ0v) is 16.0. The van der Waals surface area contributed by atoms with E-state index in [1.165, 1.54) is 6.26 Å². The summed E-state index contributed by atoms with van der Waals surface area (Å²) in [6.07, 6.45) is 3.03. The molecule has 0 aliphatic carbocycles. The summed E-state index contributed by atoms with van der Waals surface area (Å²) in [5.41, 5.74) is -0.232. The van der Waals surface area contributed by atoms with Crippen LogP contribution in [0.5, 0.6) is 0 Å². The van der Waals surface area contributed by atoms with E-state index in [0.717, 1.165) is 12.8 Å². The third-order valence-corrected chi connectivity index (χ3v) is 4.11. The quantitative estimate of drug-likeness (QED) is 0.827. The summed E-state index contributed by atoms with van der Waals surface area (Å²) >= 11 is 0. The van der Waals surface area contributed by atoms with Crippen LogP contribution in [0.2, 0.25) is 0 Å². The molecule has 2 amide bonds. The predicted octanol–water partition coefficient (Wildman–Crippen LogP) is 3.38. The van der Waals surface area contributed by atoms with Crippen LogP contribution in [-0.2, 0) is 11.3 Å². The molecular weight excluding hydrogens is 306 g/mol. The molecule has 0 aliphatic heterocycles. The molecular formula is C18H31N3O3. The number of aromatic nitrogens is 1. The second kappa shape index (κ2) is 8.31. The maximum atomic E-state index is 12.7. The monoisotopic (exact) mass is 337 g/mol. The van der Waals surface area contributed by atoms with Gasteiger partial charge in [0, 0.05) is 17.5 Å². The van der Waals surface area contributed by atoms with Crippen LogP contribution in [0.15, 0.2) is 10.7 Å². The van der Waals surface area contributed by atoms with Crippen molar-refractivity contribution >= 4 is 11.8 Å². The van der Waals surface area contributed by atoms with E-state index in [9.17, 15) is 9.59 Å². The molecule has 6 nitrogen and oxygen atoms in total. The van der Waals surface area contributed by atoms with Crippen LogP contribution < -0.4 is 5.32 Å². The molecule has 1 N–H and O–H groups in total. The second-order valence-electron chi connectivity index (χ2n) is 7.35. The molecule has 0 saturated heterocycles. The smallest absolute Gasteiger partial charge is 0.273 e. The van der Waals surface area contributed by atoms with Crippen LogP contribution in [-0.4, -0.2) is 33.8 Å². The van der Waals surface area contributed by atoms with Gasteiger partial charge in [0.1, 0.15) is 6.26 Å². The number of carbonyl (C=O) groups is 2. The minimum atomic E-state index is -0.479. The Morgan fingerprint density at radius 3 is 2.38 bits per heavy atom. The topological polar surface area (TPSA) is 75.4 Å². The van der Waals surface area contributed by atoms with Crippen molar-refractivity contribution in [3.05, 3.63) is 17.8 Å². The summed E-state index contributed by atoms with van der Waals surface area (Å²) in [5, 5.41) is 2.85. The zero-order chi connectivity index (χ0) is 18.5. The van der Waals surface area contributed by atoms with Gasteiger partial charge in [0.05, 0.1) is 6.54 Å². The molecule has 1 aromatic rings. The third-order valence-electron chi connectivity index (χ3n) is 4.11. The highest BCUT2D eigenvalue weighted by atomic mass is 16.3. The largest absolute Gasteiger partial charge is 0.446 e. The summed E-state index contributed by atoms with van der Waals surface area (Å²) in [6.45, 7) is 13.9. The summed E-state index contributed by atoms with van der Waals surface area (Å²) in [7, 11) is 0. The predicted molar refractivity (Wildman–Crippen MR) is 93.5 cm³/mol. The average molecular weight is 337 g/mol. The molecule has 0 spiro atoms. The van der Waals surface area contributed by atoms with Gasteiger partial charge >= 0.3 is 0 Å². The van der Waals surface area contributed by atoms with Gasteiger partial charge in [-0.25, -0.2) is 4.98 Å². The first-order valence-corrected chi connectivity index (χ1v) is 8.66. The minimum absolute atomic E-state index is 0.0423. The van der Waals surface area contributed by atoms with Crippen LogP contribution in [0.3, 0.4) is 0 Å². The van der Waals surface area contributed by atoms with Crippen molar-refractivity contribution in [3.8, 4) is 0 Å². The van der Waals surface area contributed by atoms with Crippen LogP contribution in [0.4, 0.5) is 0 Å². The first-order chi connectivity index (χ1) is 11.1. The summed E-state index contributed by atoms with van der Waals surface area (Å²) in [5.74, 6) is 0.166. The van der Waals surface area contributed by atoms with Gasteiger partial charge in [0.25, 0.3) is 5.91 Å². The molecule has 0 radical (unpaired) electrons. The third kappa shape index (κ3) is 5.35. The summed E-state index contributed by atoms with van der Waals surface area (Å²) < 4.78 is 5.42. The van der Waals surface area contributed by atoms with Crippen molar-refractivity contribution in [1.29, 1.82) is 0 Å². The molecule has 1 rings (SSSR count). The van der Waals surface area contributed by atoms with Crippen molar-refractivity contribution in [2.75, 3.05) is 0 Å². The Hall–Kier alpha value is -1.85. The lowest BCUT2D eigenvalue weighted by molar-refractivity contribution is -0.142. The standard InChI is InChI=1S/C18H31N3O3/c1-8-12(3)19-16(22)14-11-24-15(20-14)10-21(13(4)9-2)17(23)18(5,6)7/h11-13H,8-10H2,1-7H3,(H,19,22). The first kappa shape index (κ1) is 20.2. The van der Waals surface area contributed by atoms with E-state index in [1.54, 1.807) is 4.90 Å². The summed E-state index contributed by atoms with van der Waals surface area (Å²) in [6, 6.07) is 0.151. The molecule has 2 unspecified atom stereocenters. The number of nitrogens with zero attached hydrogens (tertiary/aromatic N) is 2. The van der Waals surface area contributed by atoms with Crippen molar-refractivity contribution in [2.45, 2.75) is 79.9 Å². The number of carbonyl (C=O) groups excluding carboxylic acids is 2. The number of nitrogens with one attached hydrogen (secondary N) is 1. The Balaban J connectivity index is 2.89. The second-order valence-corrected chi connectivity index (χ2v) is 7.35. The molecule has 1 heterocycles. The van der Waals surface area contributed by atoms with Crippen LogP contribution in [0, 0.1) is 5.41 Å². The van der Waals surface area contributed by atoms with E-state index in [0.29, 0.717) is 5.89 Å². The van der Waals surface area contributed by atoms with Gasteiger partial charge in [0.2, 0.25) is 11.8 Å². The fraction of sp³-hybridized carbons (Fsp3) is 0.722. The van der Waals surface area contributed by atoms with Crippen LogP contribution in [0.1, 0.15) is 77.7 Å². The SMILES string of the molecule is CCC(C)NC(=O)c1coc(CN(C(=O)C(C)(C)C)C(C)CC)n1. The number of hydrogen-bond donors (Lipinski definition) is 1. The Morgan fingerprint density at radius 2 is 1.88 bits per heavy atom. The Labute approximate surface area is 145 Å². The van der Waals surface area contributed by atoms with E-state index in [4.69, 9.17) is 4.42 Å². The maximum absolute atomic E-state index is 12.7. The van der Waals surface area contributed by atoms with Gasteiger partial charge < -0.3 is 14.6 Å². The van der Waals surface area contributed by atoms with Crippen molar-refractivity contribution in [3.63, 3.8) is 0 Å². The van der Waals surface area contributed by atoms with Crippen molar-refractivity contribution < 1.29 is 14.0 Å². The van der Waals surface area contributed by atoms with E-state index in [-0.39, 0.29) is 36.1 Å². The molecule has 6 heteroatoms. The Kier molecular flexibility index (Phi) is 6.99. The van der Waals surface area contributed by atoms with Gasteiger partial charge in [-0.2, -0.15) is 0 Å². The number of oxazole rings is 1. The minimum Gasteiger partial charge on any atom is -0.446 e. The van der Waals surface area contributed by atoms with Crippen LogP contribution in [0.25, 0.3) is 0 Å². The number of amides is 2. The molecule has 24 heavy (non-hydrogen) atoms. The molecule has 0 aliphatic rings. The van der Waals surface area contributed by atoms with E-state index in [2.05, 4.69) is 10.3 Å².